The average Bonchev–Trinajstić information content (AvgIpc) is 2.87. The van der Waals surface area contributed by atoms with E-state index < -0.39 is 0 Å². The van der Waals surface area contributed by atoms with Gasteiger partial charge in [0.15, 0.2) is 0 Å². The number of rotatable bonds is 5. The average molecular weight is 589 g/mol. The molecule has 0 aliphatic carbocycles. The lowest BCUT2D eigenvalue weighted by Gasteiger charge is -2.28. The van der Waals surface area contributed by atoms with Gasteiger partial charge in [0.1, 0.15) is 0 Å². The Kier molecular flexibility index (Phi) is 8.93. The fourth-order valence-electron chi connectivity index (χ4n) is 5.65. The van der Waals surface area contributed by atoms with E-state index in [4.69, 9.17) is 0 Å². The van der Waals surface area contributed by atoms with Crippen LogP contribution in [0.15, 0.2) is 72.8 Å². The molecule has 0 saturated carbocycles. The second-order valence-electron chi connectivity index (χ2n) is 16.8. The van der Waals surface area contributed by atoms with E-state index >= 15 is 0 Å². The molecule has 0 atom stereocenters. The summed E-state index contributed by atoms with van der Waals surface area (Å²) in [7, 11) is 0. The lowest BCUT2D eigenvalue weighted by molar-refractivity contribution is 0.568. The minimum Gasteiger partial charge on any atom is -0.355 e. The third-order valence-corrected chi connectivity index (χ3v) is 8.68. The van der Waals surface area contributed by atoms with Gasteiger partial charge in [-0.2, -0.15) is 0 Å². The molecule has 0 heterocycles. The predicted octanol–water partition coefficient (Wildman–Crippen LogP) is 12.6. The first-order chi connectivity index (χ1) is 20.1. The number of hydrogen-bond acceptors (Lipinski definition) is 2. The molecule has 4 aromatic rings. The first kappa shape index (κ1) is 33.4. The summed E-state index contributed by atoms with van der Waals surface area (Å²) < 4.78 is 0. The number of anilines is 4. The first-order valence-electron chi connectivity index (χ1n) is 16.2. The van der Waals surface area contributed by atoms with E-state index in [9.17, 15) is 0 Å². The van der Waals surface area contributed by atoms with Crippen molar-refractivity contribution in [2.75, 3.05) is 10.6 Å². The van der Waals surface area contributed by atoms with Gasteiger partial charge < -0.3 is 10.6 Å². The second-order valence-corrected chi connectivity index (χ2v) is 16.8. The van der Waals surface area contributed by atoms with Crippen molar-refractivity contribution < 1.29 is 0 Å². The van der Waals surface area contributed by atoms with Crippen LogP contribution in [0.2, 0.25) is 0 Å². The maximum atomic E-state index is 3.89. The van der Waals surface area contributed by atoms with Gasteiger partial charge in [-0.05, 0) is 105 Å². The third-order valence-electron chi connectivity index (χ3n) is 8.68. The van der Waals surface area contributed by atoms with Crippen molar-refractivity contribution in [3.8, 4) is 11.1 Å². The zero-order valence-corrected chi connectivity index (χ0v) is 29.9. The zero-order chi connectivity index (χ0) is 32.8. The van der Waals surface area contributed by atoms with Crippen LogP contribution < -0.4 is 10.6 Å². The van der Waals surface area contributed by atoms with Crippen molar-refractivity contribution in [2.45, 2.75) is 119 Å². The molecule has 0 unspecified atom stereocenters. The molecule has 234 valence electrons. The second kappa shape index (κ2) is 11.8. The van der Waals surface area contributed by atoms with Crippen molar-refractivity contribution in [3.63, 3.8) is 0 Å². The molecule has 44 heavy (non-hydrogen) atoms. The lowest BCUT2D eigenvalue weighted by Crippen LogP contribution is -2.17. The number of nitrogens with one attached hydrogen (secondary N) is 2. The third kappa shape index (κ3) is 7.57. The van der Waals surface area contributed by atoms with E-state index in [-0.39, 0.29) is 21.7 Å². The Morgan fingerprint density at radius 1 is 0.386 bits per heavy atom. The SMILES string of the molecule is Cc1cccc(Nc2cc(C(C)(C)C)cc(C(C)(C)C)c2)c1-c1c(C)cccc1Nc1cc(C(C)(C)C)cc(C(C)(C)C)c1. The lowest BCUT2D eigenvalue weighted by atomic mass is 9.80. The Balaban J connectivity index is 1.88. The van der Waals surface area contributed by atoms with Crippen LogP contribution in [0.5, 0.6) is 0 Å². The molecule has 2 nitrogen and oxygen atoms in total. The van der Waals surface area contributed by atoms with Crippen LogP contribution in [0.1, 0.15) is 116 Å². The van der Waals surface area contributed by atoms with Crippen molar-refractivity contribution in [3.05, 3.63) is 106 Å². The molecule has 0 spiro atoms. The molecule has 0 aromatic heterocycles. The summed E-state index contributed by atoms with van der Waals surface area (Å²) in [5.41, 5.74) is 15.0. The Morgan fingerprint density at radius 2 is 0.659 bits per heavy atom. The minimum atomic E-state index is 0.0493. The Bertz CT molecular complexity index is 1450. The molecule has 4 aromatic carbocycles. The fourth-order valence-corrected chi connectivity index (χ4v) is 5.65. The van der Waals surface area contributed by atoms with Gasteiger partial charge in [-0.15, -0.1) is 0 Å². The maximum Gasteiger partial charge on any atom is 0.0467 e. The zero-order valence-electron chi connectivity index (χ0n) is 29.9. The summed E-state index contributed by atoms with van der Waals surface area (Å²) in [4.78, 5) is 0. The van der Waals surface area contributed by atoms with Gasteiger partial charge >= 0.3 is 0 Å². The summed E-state index contributed by atoms with van der Waals surface area (Å²) in [5, 5.41) is 7.77. The number of hydrogen-bond donors (Lipinski definition) is 2. The van der Waals surface area contributed by atoms with Crippen molar-refractivity contribution in [1.82, 2.24) is 0 Å². The van der Waals surface area contributed by atoms with Crippen LogP contribution in [0.4, 0.5) is 22.7 Å². The quantitative estimate of drug-likeness (QED) is 0.242. The summed E-state index contributed by atoms with van der Waals surface area (Å²) in [6.07, 6.45) is 0. The standard InChI is InChI=1S/C42H56N2/c1-27-17-15-19-35(43-33-23-29(39(3,4)5)21-30(24-33)40(6,7)8)37(27)38-28(2)18-16-20-36(38)44-34-25-31(41(9,10)11)22-32(26-34)42(12,13)14/h15-26,43-44H,1-14H3. The largest absolute Gasteiger partial charge is 0.355 e. The normalized spacial score (nSPS) is 12.8. The molecule has 0 amide bonds. The summed E-state index contributed by atoms with van der Waals surface area (Å²) in [6, 6.07) is 27.3. The van der Waals surface area contributed by atoms with E-state index in [1.807, 2.05) is 0 Å². The smallest absolute Gasteiger partial charge is 0.0467 e. The summed E-state index contributed by atoms with van der Waals surface area (Å²) >= 11 is 0. The molecule has 0 aliphatic rings. The van der Waals surface area contributed by atoms with Gasteiger partial charge in [0, 0.05) is 33.9 Å². The maximum absolute atomic E-state index is 3.89. The van der Waals surface area contributed by atoms with Gasteiger partial charge in [-0.3, -0.25) is 0 Å². The molecule has 2 heteroatoms. The summed E-state index contributed by atoms with van der Waals surface area (Å²) in [5.74, 6) is 0. The van der Waals surface area contributed by atoms with Crippen LogP contribution in [0.3, 0.4) is 0 Å². The topological polar surface area (TPSA) is 24.1 Å². The predicted molar refractivity (Wildman–Crippen MR) is 196 cm³/mol. The Hall–Kier alpha value is -3.52. The van der Waals surface area contributed by atoms with E-state index in [0.29, 0.717) is 0 Å². The van der Waals surface area contributed by atoms with Gasteiger partial charge in [-0.1, -0.05) is 119 Å². The molecular weight excluding hydrogens is 532 g/mol. The minimum absolute atomic E-state index is 0.0493. The molecule has 0 aliphatic heterocycles. The van der Waals surface area contributed by atoms with E-state index in [1.165, 1.54) is 44.5 Å². The van der Waals surface area contributed by atoms with Gasteiger partial charge in [-0.25, -0.2) is 0 Å². The highest BCUT2D eigenvalue weighted by molar-refractivity contribution is 5.93. The van der Waals surface area contributed by atoms with Gasteiger partial charge in [0.2, 0.25) is 0 Å². The van der Waals surface area contributed by atoms with Crippen molar-refractivity contribution in [1.29, 1.82) is 0 Å². The highest BCUT2D eigenvalue weighted by atomic mass is 14.9. The van der Waals surface area contributed by atoms with E-state index in [1.54, 1.807) is 0 Å². The molecule has 0 radical (unpaired) electrons. The van der Waals surface area contributed by atoms with Crippen LogP contribution in [0, 0.1) is 13.8 Å². The highest BCUT2D eigenvalue weighted by Crippen LogP contribution is 2.42. The molecule has 2 N–H and O–H groups in total. The molecule has 0 fully saturated rings. The molecule has 0 saturated heterocycles. The first-order valence-corrected chi connectivity index (χ1v) is 16.2. The number of benzene rings is 4. The van der Waals surface area contributed by atoms with E-state index in [0.717, 1.165) is 22.7 Å². The van der Waals surface area contributed by atoms with E-state index in [2.05, 4.69) is 180 Å². The molecule has 0 bridgehead atoms. The van der Waals surface area contributed by atoms with Crippen LogP contribution >= 0.6 is 0 Å². The van der Waals surface area contributed by atoms with Crippen LogP contribution in [-0.4, -0.2) is 0 Å². The molecule has 4 rings (SSSR count). The summed E-state index contributed by atoms with van der Waals surface area (Å²) in [6.45, 7) is 32.0. The highest BCUT2D eigenvalue weighted by Gasteiger charge is 2.23. The number of aryl methyl sites for hydroxylation is 2. The van der Waals surface area contributed by atoms with Crippen molar-refractivity contribution >= 4 is 22.7 Å². The van der Waals surface area contributed by atoms with Crippen molar-refractivity contribution in [2.24, 2.45) is 0 Å². The molecular formula is C42H56N2. The fraction of sp³-hybridized carbons (Fsp3) is 0.429. The van der Waals surface area contributed by atoms with Gasteiger partial charge in [0.25, 0.3) is 0 Å². The van der Waals surface area contributed by atoms with Crippen LogP contribution in [-0.2, 0) is 21.7 Å². The monoisotopic (exact) mass is 588 g/mol. The Morgan fingerprint density at radius 3 is 0.909 bits per heavy atom. The van der Waals surface area contributed by atoms with Gasteiger partial charge in [0.05, 0.1) is 0 Å². The van der Waals surface area contributed by atoms with Crippen LogP contribution in [0.25, 0.3) is 11.1 Å². The Labute approximate surface area is 268 Å².